The molecule has 0 fully saturated rings. The first kappa shape index (κ1) is 13.3. The standard InChI is InChI=1S/C12H11N3O3S/c16-7-1-2-9-3-4-10(19-9)12(17)13-6-5-11-14-8-18-15-11/h3-4,8,16H,5-7H2,(H,13,17). The number of carbonyl (C=O) groups excluding carboxylic acids is 1. The van der Waals surface area contributed by atoms with Crippen molar-refractivity contribution in [2.75, 3.05) is 13.2 Å². The van der Waals surface area contributed by atoms with Crippen LogP contribution < -0.4 is 5.32 Å². The number of aliphatic hydroxyl groups is 1. The number of nitrogens with zero attached hydrogens (tertiary/aromatic N) is 2. The Morgan fingerprint density at radius 3 is 3.16 bits per heavy atom. The first-order valence-electron chi connectivity index (χ1n) is 5.52. The molecule has 98 valence electrons. The van der Waals surface area contributed by atoms with Crippen molar-refractivity contribution in [1.29, 1.82) is 0 Å². The molecule has 0 unspecified atom stereocenters. The van der Waals surface area contributed by atoms with E-state index in [-0.39, 0.29) is 12.5 Å². The maximum atomic E-state index is 11.8. The van der Waals surface area contributed by atoms with Crippen molar-refractivity contribution in [1.82, 2.24) is 15.5 Å². The molecule has 0 atom stereocenters. The second kappa shape index (κ2) is 6.68. The van der Waals surface area contributed by atoms with Gasteiger partial charge in [0.2, 0.25) is 6.39 Å². The van der Waals surface area contributed by atoms with Crippen LogP contribution in [0.2, 0.25) is 0 Å². The lowest BCUT2D eigenvalue weighted by molar-refractivity contribution is 0.0958. The molecule has 6 nitrogen and oxygen atoms in total. The molecule has 0 bridgehead atoms. The largest absolute Gasteiger partial charge is 0.384 e. The zero-order valence-electron chi connectivity index (χ0n) is 9.92. The summed E-state index contributed by atoms with van der Waals surface area (Å²) in [6, 6.07) is 3.46. The van der Waals surface area contributed by atoms with Crippen LogP contribution in [-0.2, 0) is 6.42 Å². The topological polar surface area (TPSA) is 88.3 Å². The monoisotopic (exact) mass is 277 g/mol. The Labute approximate surface area is 113 Å². The van der Waals surface area contributed by atoms with E-state index in [9.17, 15) is 4.79 Å². The maximum Gasteiger partial charge on any atom is 0.261 e. The number of hydrogen-bond acceptors (Lipinski definition) is 6. The normalized spacial score (nSPS) is 9.74. The van der Waals surface area contributed by atoms with Crippen LogP contribution in [0.25, 0.3) is 0 Å². The van der Waals surface area contributed by atoms with Crippen molar-refractivity contribution in [2.24, 2.45) is 0 Å². The Hall–Kier alpha value is -2.17. The summed E-state index contributed by atoms with van der Waals surface area (Å²) in [6.45, 7) is 0.248. The van der Waals surface area contributed by atoms with Gasteiger partial charge < -0.3 is 14.9 Å². The average Bonchev–Trinajstić information content (AvgIpc) is 3.07. The van der Waals surface area contributed by atoms with Crippen LogP contribution in [-0.4, -0.2) is 34.3 Å². The second-order valence-electron chi connectivity index (χ2n) is 3.48. The van der Waals surface area contributed by atoms with Gasteiger partial charge in [-0.2, -0.15) is 4.98 Å². The number of aliphatic hydroxyl groups excluding tert-OH is 1. The highest BCUT2D eigenvalue weighted by molar-refractivity contribution is 7.14. The first-order valence-corrected chi connectivity index (χ1v) is 6.34. The third-order valence-electron chi connectivity index (χ3n) is 2.16. The molecule has 2 rings (SSSR count). The third-order valence-corrected chi connectivity index (χ3v) is 3.16. The van der Waals surface area contributed by atoms with Crippen LogP contribution >= 0.6 is 11.3 Å². The minimum Gasteiger partial charge on any atom is -0.384 e. The zero-order chi connectivity index (χ0) is 13.5. The van der Waals surface area contributed by atoms with Gasteiger partial charge in [-0.05, 0) is 12.1 Å². The van der Waals surface area contributed by atoms with Crippen LogP contribution in [0.15, 0.2) is 23.0 Å². The molecule has 1 amide bonds. The van der Waals surface area contributed by atoms with E-state index in [1.165, 1.54) is 17.7 Å². The summed E-state index contributed by atoms with van der Waals surface area (Å²) in [5.41, 5.74) is 0. The van der Waals surface area contributed by atoms with Gasteiger partial charge in [0.05, 0.1) is 9.75 Å². The Kier molecular flexibility index (Phi) is 4.66. The molecule has 0 saturated heterocycles. The molecule has 2 aromatic heterocycles. The van der Waals surface area contributed by atoms with Gasteiger partial charge in [0.15, 0.2) is 5.82 Å². The molecule has 0 saturated carbocycles. The van der Waals surface area contributed by atoms with Gasteiger partial charge in [-0.3, -0.25) is 4.79 Å². The number of hydrogen-bond donors (Lipinski definition) is 2. The molecule has 0 aliphatic carbocycles. The van der Waals surface area contributed by atoms with Gasteiger partial charge in [0, 0.05) is 13.0 Å². The smallest absolute Gasteiger partial charge is 0.261 e. The van der Waals surface area contributed by atoms with Crippen molar-refractivity contribution in [2.45, 2.75) is 6.42 Å². The quantitative estimate of drug-likeness (QED) is 0.792. The summed E-state index contributed by atoms with van der Waals surface area (Å²) in [4.78, 5) is 17.0. The van der Waals surface area contributed by atoms with E-state index in [2.05, 4.69) is 31.8 Å². The lowest BCUT2D eigenvalue weighted by Gasteiger charge is -2.00. The summed E-state index contributed by atoms with van der Waals surface area (Å²) in [5.74, 6) is 5.68. The highest BCUT2D eigenvalue weighted by Crippen LogP contribution is 2.15. The van der Waals surface area contributed by atoms with Gasteiger partial charge >= 0.3 is 0 Å². The molecule has 7 heteroatoms. The van der Waals surface area contributed by atoms with E-state index in [1.54, 1.807) is 12.1 Å². The lowest BCUT2D eigenvalue weighted by Crippen LogP contribution is -2.25. The summed E-state index contributed by atoms with van der Waals surface area (Å²) in [6.07, 6.45) is 1.77. The van der Waals surface area contributed by atoms with Crippen LogP contribution in [0.3, 0.4) is 0 Å². The van der Waals surface area contributed by atoms with Crippen LogP contribution in [0.1, 0.15) is 20.4 Å². The van der Waals surface area contributed by atoms with E-state index in [0.717, 1.165) is 4.88 Å². The van der Waals surface area contributed by atoms with Crippen molar-refractivity contribution in [3.63, 3.8) is 0 Å². The Bertz CT molecular complexity index is 595. The van der Waals surface area contributed by atoms with Crippen LogP contribution in [0.5, 0.6) is 0 Å². The number of thiophene rings is 1. The number of carbonyl (C=O) groups is 1. The summed E-state index contributed by atoms with van der Waals surface area (Å²) < 4.78 is 4.59. The molecule has 2 aromatic rings. The highest BCUT2D eigenvalue weighted by atomic mass is 32.1. The highest BCUT2D eigenvalue weighted by Gasteiger charge is 2.08. The minimum absolute atomic E-state index is 0.162. The van der Waals surface area contributed by atoms with Gasteiger partial charge in [0.25, 0.3) is 5.91 Å². The number of aromatic nitrogens is 2. The molecule has 0 radical (unpaired) electrons. The van der Waals surface area contributed by atoms with Crippen LogP contribution in [0, 0.1) is 11.8 Å². The van der Waals surface area contributed by atoms with Crippen molar-refractivity contribution >= 4 is 17.2 Å². The summed E-state index contributed by atoms with van der Waals surface area (Å²) in [7, 11) is 0. The van der Waals surface area contributed by atoms with E-state index in [4.69, 9.17) is 5.11 Å². The fourth-order valence-electron chi connectivity index (χ4n) is 1.33. The summed E-state index contributed by atoms with van der Waals surface area (Å²) >= 11 is 1.28. The van der Waals surface area contributed by atoms with E-state index < -0.39 is 0 Å². The van der Waals surface area contributed by atoms with Crippen molar-refractivity contribution in [3.05, 3.63) is 34.1 Å². The average molecular weight is 277 g/mol. The SMILES string of the molecule is O=C(NCCc1ncon1)c1ccc(C#CCO)s1. The molecular formula is C12H11N3O3S. The molecule has 0 aliphatic rings. The summed E-state index contributed by atoms with van der Waals surface area (Å²) in [5, 5.41) is 15.0. The second-order valence-corrected chi connectivity index (χ2v) is 4.56. The van der Waals surface area contributed by atoms with Crippen molar-refractivity contribution in [3.8, 4) is 11.8 Å². The lowest BCUT2D eigenvalue weighted by atomic mass is 10.3. The molecule has 0 aliphatic heterocycles. The number of nitrogens with one attached hydrogen (secondary N) is 1. The maximum absolute atomic E-state index is 11.8. The van der Waals surface area contributed by atoms with Gasteiger partial charge in [-0.25, -0.2) is 0 Å². The minimum atomic E-state index is -0.190. The predicted molar refractivity (Wildman–Crippen MR) is 68.6 cm³/mol. The van der Waals surface area contributed by atoms with Crippen molar-refractivity contribution < 1.29 is 14.4 Å². The van der Waals surface area contributed by atoms with E-state index >= 15 is 0 Å². The Balaban J connectivity index is 1.84. The van der Waals surface area contributed by atoms with E-state index in [0.29, 0.717) is 23.7 Å². The van der Waals surface area contributed by atoms with Gasteiger partial charge in [-0.1, -0.05) is 17.0 Å². The molecule has 0 spiro atoms. The number of rotatable bonds is 4. The number of amides is 1. The first-order chi connectivity index (χ1) is 9.29. The zero-order valence-corrected chi connectivity index (χ0v) is 10.7. The van der Waals surface area contributed by atoms with E-state index in [1.807, 2.05) is 0 Å². The fraction of sp³-hybridized carbons (Fsp3) is 0.250. The van der Waals surface area contributed by atoms with Crippen LogP contribution in [0.4, 0.5) is 0 Å². The predicted octanol–water partition coefficient (Wildman–Crippen LogP) is 0.447. The van der Waals surface area contributed by atoms with Gasteiger partial charge in [0.1, 0.15) is 6.61 Å². The Morgan fingerprint density at radius 1 is 1.53 bits per heavy atom. The Morgan fingerprint density at radius 2 is 2.42 bits per heavy atom. The fourth-order valence-corrected chi connectivity index (χ4v) is 2.13. The molecule has 0 aromatic carbocycles. The van der Waals surface area contributed by atoms with Gasteiger partial charge in [-0.15, -0.1) is 11.3 Å². The molecular weight excluding hydrogens is 266 g/mol. The molecule has 2 N–H and O–H groups in total. The molecule has 2 heterocycles. The third kappa shape index (κ3) is 3.91. The molecule has 19 heavy (non-hydrogen) atoms.